The fourth-order valence-electron chi connectivity index (χ4n) is 2.64. The van der Waals surface area contributed by atoms with Crippen molar-refractivity contribution in [3.05, 3.63) is 0 Å². The van der Waals surface area contributed by atoms with Gasteiger partial charge in [0.15, 0.2) is 0 Å². The fraction of sp³-hybridized carbons (Fsp3) is 0.882. The van der Waals surface area contributed by atoms with Gasteiger partial charge in [-0.3, -0.25) is 4.79 Å². The Kier molecular flexibility index (Phi) is 8.37. The molecule has 134 valence electrons. The Bertz CT molecular complexity index is 375. The Labute approximate surface area is 138 Å². The number of hydrogen-bond acceptors (Lipinski definition) is 4. The molecule has 0 radical (unpaired) electrons. The van der Waals surface area contributed by atoms with Crippen molar-refractivity contribution in [2.75, 3.05) is 13.2 Å². The van der Waals surface area contributed by atoms with Crippen LogP contribution in [0.3, 0.4) is 0 Å². The first kappa shape index (κ1) is 19.7. The van der Waals surface area contributed by atoms with Crippen LogP contribution in [0.4, 0.5) is 4.79 Å². The molecule has 23 heavy (non-hydrogen) atoms. The highest BCUT2D eigenvalue weighted by Crippen LogP contribution is 2.28. The summed E-state index contributed by atoms with van der Waals surface area (Å²) in [5, 5.41) is 11.8. The van der Waals surface area contributed by atoms with Crippen LogP contribution in [0.2, 0.25) is 0 Å². The lowest BCUT2D eigenvalue weighted by molar-refractivity contribution is -0.143. The molecule has 2 N–H and O–H groups in total. The van der Waals surface area contributed by atoms with Gasteiger partial charge < -0.3 is 19.9 Å². The van der Waals surface area contributed by atoms with Crippen LogP contribution < -0.4 is 5.32 Å². The average Bonchev–Trinajstić information content (AvgIpc) is 2.49. The smallest absolute Gasteiger partial charge is 0.409 e. The maximum absolute atomic E-state index is 11.9. The van der Waals surface area contributed by atoms with Crippen molar-refractivity contribution in [2.24, 2.45) is 23.7 Å². The summed E-state index contributed by atoms with van der Waals surface area (Å²) < 4.78 is 11.0. The van der Waals surface area contributed by atoms with Gasteiger partial charge in [-0.15, -0.1) is 0 Å². The zero-order valence-corrected chi connectivity index (χ0v) is 14.7. The summed E-state index contributed by atoms with van der Waals surface area (Å²) >= 11 is 0. The summed E-state index contributed by atoms with van der Waals surface area (Å²) in [4.78, 5) is 22.8. The summed E-state index contributed by atoms with van der Waals surface area (Å²) in [7, 11) is 0. The van der Waals surface area contributed by atoms with E-state index in [1.54, 1.807) is 0 Å². The molecule has 1 amide bonds. The minimum Gasteiger partial charge on any atom is -0.481 e. The summed E-state index contributed by atoms with van der Waals surface area (Å²) in [5.74, 6) is -0.143. The van der Waals surface area contributed by atoms with Crippen LogP contribution >= 0.6 is 0 Å². The molecule has 6 nitrogen and oxygen atoms in total. The molecule has 0 aliphatic heterocycles. The first-order valence-electron chi connectivity index (χ1n) is 8.58. The molecule has 1 unspecified atom stereocenters. The van der Waals surface area contributed by atoms with E-state index in [1.807, 2.05) is 27.7 Å². The van der Waals surface area contributed by atoms with Gasteiger partial charge in [0.1, 0.15) is 0 Å². The Hall–Kier alpha value is -1.30. The molecule has 0 bridgehead atoms. The highest BCUT2D eigenvalue weighted by molar-refractivity contribution is 5.70. The van der Waals surface area contributed by atoms with Crippen LogP contribution in [0, 0.1) is 23.7 Å². The van der Waals surface area contributed by atoms with E-state index in [2.05, 4.69) is 5.32 Å². The van der Waals surface area contributed by atoms with E-state index >= 15 is 0 Å². The van der Waals surface area contributed by atoms with Crippen LogP contribution in [0.15, 0.2) is 0 Å². The monoisotopic (exact) mass is 329 g/mol. The topological polar surface area (TPSA) is 84.9 Å². The van der Waals surface area contributed by atoms with E-state index in [4.69, 9.17) is 14.6 Å². The summed E-state index contributed by atoms with van der Waals surface area (Å²) in [5.41, 5.74) is 0. The van der Waals surface area contributed by atoms with Crippen molar-refractivity contribution in [2.45, 2.75) is 59.7 Å². The van der Waals surface area contributed by atoms with Crippen molar-refractivity contribution in [3.63, 3.8) is 0 Å². The number of hydrogen-bond donors (Lipinski definition) is 2. The second-order valence-electron chi connectivity index (χ2n) is 7.18. The molecule has 1 atom stereocenters. The maximum Gasteiger partial charge on any atom is 0.409 e. The molecule has 0 aromatic carbocycles. The van der Waals surface area contributed by atoms with E-state index in [0.29, 0.717) is 37.8 Å². The second-order valence-corrected chi connectivity index (χ2v) is 7.18. The van der Waals surface area contributed by atoms with Crippen molar-refractivity contribution in [1.29, 1.82) is 0 Å². The molecule has 1 fully saturated rings. The number of ether oxygens (including phenoxy) is 2. The van der Waals surface area contributed by atoms with Crippen LogP contribution in [-0.4, -0.2) is 36.6 Å². The minimum absolute atomic E-state index is 0.0884. The zero-order chi connectivity index (χ0) is 17.4. The zero-order valence-electron chi connectivity index (χ0n) is 14.7. The van der Waals surface area contributed by atoms with Gasteiger partial charge in [-0.1, -0.05) is 27.7 Å². The number of rotatable bonds is 8. The van der Waals surface area contributed by atoms with E-state index in [0.717, 1.165) is 12.8 Å². The Morgan fingerprint density at radius 2 is 1.74 bits per heavy atom. The lowest BCUT2D eigenvalue weighted by Gasteiger charge is -2.27. The average molecular weight is 329 g/mol. The second kappa shape index (κ2) is 9.75. The largest absolute Gasteiger partial charge is 0.481 e. The van der Waals surface area contributed by atoms with Gasteiger partial charge in [0.25, 0.3) is 0 Å². The summed E-state index contributed by atoms with van der Waals surface area (Å²) in [6.07, 6.45) is 2.02. The van der Waals surface area contributed by atoms with Gasteiger partial charge in [-0.2, -0.15) is 0 Å². The van der Waals surface area contributed by atoms with Crippen LogP contribution in [0.5, 0.6) is 0 Å². The SMILES string of the molecule is CC(C)COC(OC(=O)NCC1CCC(C(=O)O)CC1)C(C)C. The number of amides is 1. The molecular weight excluding hydrogens is 298 g/mol. The number of carbonyl (C=O) groups excluding carboxylic acids is 1. The predicted molar refractivity (Wildman–Crippen MR) is 87.0 cm³/mol. The lowest BCUT2D eigenvalue weighted by Crippen LogP contribution is -2.37. The number of carboxylic acid groups (broad SMARTS) is 1. The highest BCUT2D eigenvalue weighted by Gasteiger charge is 2.26. The highest BCUT2D eigenvalue weighted by atomic mass is 16.7. The van der Waals surface area contributed by atoms with E-state index in [-0.39, 0.29) is 11.8 Å². The molecule has 0 aromatic rings. The van der Waals surface area contributed by atoms with Crippen molar-refractivity contribution >= 4 is 12.1 Å². The first-order chi connectivity index (χ1) is 10.8. The number of carboxylic acids is 1. The van der Waals surface area contributed by atoms with Gasteiger partial charge in [0, 0.05) is 12.5 Å². The number of nitrogens with one attached hydrogen (secondary N) is 1. The van der Waals surface area contributed by atoms with Crippen molar-refractivity contribution < 1.29 is 24.2 Å². The third kappa shape index (κ3) is 7.68. The molecular formula is C17H31NO5. The van der Waals surface area contributed by atoms with Crippen LogP contribution in [0.25, 0.3) is 0 Å². The Balaban J connectivity index is 2.28. The normalized spacial score (nSPS) is 22.9. The van der Waals surface area contributed by atoms with Gasteiger partial charge in [-0.05, 0) is 37.5 Å². The third-order valence-electron chi connectivity index (χ3n) is 4.09. The molecule has 1 rings (SSSR count). The first-order valence-corrected chi connectivity index (χ1v) is 8.58. The molecule has 1 aliphatic rings. The minimum atomic E-state index is -0.710. The van der Waals surface area contributed by atoms with Crippen molar-refractivity contribution in [3.8, 4) is 0 Å². The third-order valence-corrected chi connectivity index (χ3v) is 4.09. The van der Waals surface area contributed by atoms with Gasteiger partial charge in [0.2, 0.25) is 6.29 Å². The predicted octanol–water partition coefficient (Wildman–Crippen LogP) is 3.26. The van der Waals surface area contributed by atoms with E-state index in [1.165, 1.54) is 0 Å². The number of alkyl carbamates (subject to hydrolysis) is 1. The fourth-order valence-corrected chi connectivity index (χ4v) is 2.64. The maximum atomic E-state index is 11.9. The summed E-state index contributed by atoms with van der Waals surface area (Å²) in [6, 6.07) is 0. The number of aliphatic carboxylic acids is 1. The molecule has 6 heteroatoms. The molecule has 1 saturated carbocycles. The molecule has 0 saturated heterocycles. The summed E-state index contributed by atoms with van der Waals surface area (Å²) in [6.45, 7) is 9.07. The quantitative estimate of drug-likeness (QED) is 0.668. The Morgan fingerprint density at radius 1 is 1.13 bits per heavy atom. The van der Waals surface area contributed by atoms with E-state index in [9.17, 15) is 9.59 Å². The standard InChI is InChI=1S/C17H31NO5/c1-11(2)10-22-16(12(3)4)23-17(21)18-9-13-5-7-14(8-6-13)15(19)20/h11-14,16H,5-10H2,1-4H3,(H,18,21)(H,19,20). The molecule has 0 aromatic heterocycles. The van der Waals surface area contributed by atoms with Crippen LogP contribution in [0.1, 0.15) is 53.4 Å². The molecule has 0 spiro atoms. The van der Waals surface area contributed by atoms with Gasteiger partial charge in [-0.25, -0.2) is 4.79 Å². The van der Waals surface area contributed by atoms with Crippen LogP contribution in [-0.2, 0) is 14.3 Å². The van der Waals surface area contributed by atoms with Gasteiger partial charge in [0.05, 0.1) is 12.5 Å². The number of carbonyl (C=O) groups is 2. The van der Waals surface area contributed by atoms with Gasteiger partial charge >= 0.3 is 12.1 Å². The molecule has 0 heterocycles. The van der Waals surface area contributed by atoms with Crippen molar-refractivity contribution in [1.82, 2.24) is 5.32 Å². The Morgan fingerprint density at radius 3 is 2.22 bits per heavy atom. The lowest BCUT2D eigenvalue weighted by atomic mass is 9.82. The molecule has 1 aliphatic carbocycles. The van der Waals surface area contributed by atoms with E-state index < -0.39 is 18.4 Å².